The highest BCUT2D eigenvalue weighted by Gasteiger charge is 2.40. The quantitative estimate of drug-likeness (QED) is 0.595. The first kappa shape index (κ1) is 19.0. The van der Waals surface area contributed by atoms with Gasteiger partial charge in [-0.1, -0.05) is 42.5 Å². The van der Waals surface area contributed by atoms with Crippen molar-refractivity contribution >= 4 is 16.7 Å². The van der Waals surface area contributed by atoms with Crippen molar-refractivity contribution in [2.75, 3.05) is 13.1 Å². The van der Waals surface area contributed by atoms with E-state index in [-0.39, 0.29) is 17.9 Å². The molecule has 0 unspecified atom stereocenters. The Hall–Kier alpha value is -2.95. The highest BCUT2D eigenvalue weighted by Crippen LogP contribution is 2.42. The van der Waals surface area contributed by atoms with Crippen LogP contribution in [0.5, 0.6) is 5.75 Å². The zero-order chi connectivity index (χ0) is 20.7. The van der Waals surface area contributed by atoms with Crippen molar-refractivity contribution in [3.8, 4) is 5.75 Å². The summed E-state index contributed by atoms with van der Waals surface area (Å²) >= 11 is 0. The molecule has 0 radical (unpaired) electrons. The Morgan fingerprint density at radius 2 is 1.77 bits per heavy atom. The summed E-state index contributed by atoms with van der Waals surface area (Å²) in [6.07, 6.45) is 3.56. The van der Waals surface area contributed by atoms with E-state index in [9.17, 15) is 13.6 Å². The molecule has 5 rings (SSSR count). The molecule has 0 saturated carbocycles. The lowest BCUT2D eigenvalue weighted by atomic mass is 9.82. The third-order valence-corrected chi connectivity index (χ3v) is 6.50. The van der Waals surface area contributed by atoms with Crippen molar-refractivity contribution in [2.24, 2.45) is 0 Å². The fourth-order valence-corrected chi connectivity index (χ4v) is 4.69. The van der Waals surface area contributed by atoms with Crippen LogP contribution in [0.3, 0.4) is 0 Å². The number of aryl methyl sites for hydroxylation is 1. The number of halogens is 2. The maximum atomic E-state index is 13.4. The van der Waals surface area contributed by atoms with Gasteiger partial charge in [-0.3, -0.25) is 4.79 Å². The minimum absolute atomic E-state index is 0.0579. The number of benzene rings is 3. The van der Waals surface area contributed by atoms with Crippen LogP contribution in [-0.4, -0.2) is 29.5 Å². The molecule has 2 heterocycles. The molecule has 3 nitrogen and oxygen atoms in total. The maximum absolute atomic E-state index is 13.4. The number of carbonyl (C=O) groups excluding carboxylic acids is 1. The maximum Gasteiger partial charge on any atom is 0.226 e. The van der Waals surface area contributed by atoms with Crippen molar-refractivity contribution in [2.45, 2.75) is 37.7 Å². The predicted octanol–water partition coefficient (Wildman–Crippen LogP) is 5.05. The van der Waals surface area contributed by atoms with Crippen LogP contribution in [-0.2, 0) is 17.6 Å². The number of amides is 1. The summed E-state index contributed by atoms with van der Waals surface area (Å²) in [7, 11) is 0. The molecule has 2 aliphatic heterocycles. The van der Waals surface area contributed by atoms with Gasteiger partial charge in [-0.25, -0.2) is 8.78 Å². The molecule has 1 saturated heterocycles. The molecule has 0 atom stereocenters. The van der Waals surface area contributed by atoms with E-state index < -0.39 is 11.6 Å². The minimum atomic E-state index is -0.917. The Labute approximate surface area is 174 Å². The molecule has 154 valence electrons. The standard InChI is InChI=1S/C25H23F2NO2/c26-21-8-5-17(15-22(21)27)16-23(29)28-13-11-25(12-14-28)10-9-19-7-6-18-3-1-2-4-20(18)24(19)30-25/h1-8,15H,9-14,16H2. The fourth-order valence-electron chi connectivity index (χ4n) is 4.69. The van der Waals surface area contributed by atoms with E-state index in [4.69, 9.17) is 4.74 Å². The number of carbonyl (C=O) groups is 1. The summed E-state index contributed by atoms with van der Waals surface area (Å²) in [5.74, 6) is -0.883. The first-order valence-electron chi connectivity index (χ1n) is 10.4. The second-order valence-electron chi connectivity index (χ2n) is 8.37. The van der Waals surface area contributed by atoms with E-state index in [2.05, 4.69) is 24.3 Å². The summed E-state index contributed by atoms with van der Waals surface area (Å²) in [5.41, 5.74) is 1.50. The van der Waals surface area contributed by atoms with Crippen LogP contribution in [0.2, 0.25) is 0 Å². The molecule has 0 bridgehead atoms. The predicted molar refractivity (Wildman–Crippen MR) is 112 cm³/mol. The summed E-state index contributed by atoms with van der Waals surface area (Å²) in [5, 5.41) is 2.32. The smallest absolute Gasteiger partial charge is 0.226 e. The first-order valence-corrected chi connectivity index (χ1v) is 10.4. The molecular weight excluding hydrogens is 384 g/mol. The Balaban J connectivity index is 1.28. The van der Waals surface area contributed by atoms with Crippen molar-refractivity contribution in [1.29, 1.82) is 0 Å². The first-order chi connectivity index (χ1) is 14.5. The largest absolute Gasteiger partial charge is 0.486 e. The number of likely N-dealkylation sites (tertiary alicyclic amines) is 1. The van der Waals surface area contributed by atoms with Crippen LogP contribution >= 0.6 is 0 Å². The highest BCUT2D eigenvalue weighted by molar-refractivity contribution is 5.89. The Morgan fingerprint density at radius 1 is 0.967 bits per heavy atom. The van der Waals surface area contributed by atoms with Crippen LogP contribution in [0.25, 0.3) is 10.8 Å². The van der Waals surface area contributed by atoms with Crippen LogP contribution in [0, 0.1) is 11.6 Å². The van der Waals surface area contributed by atoms with E-state index in [1.165, 1.54) is 17.0 Å². The van der Waals surface area contributed by atoms with Crippen LogP contribution < -0.4 is 4.74 Å². The van der Waals surface area contributed by atoms with E-state index >= 15 is 0 Å². The molecule has 0 aromatic heterocycles. The van der Waals surface area contributed by atoms with Gasteiger partial charge in [0.2, 0.25) is 5.91 Å². The van der Waals surface area contributed by atoms with E-state index in [0.29, 0.717) is 18.7 Å². The van der Waals surface area contributed by atoms with Crippen molar-refractivity contribution < 1.29 is 18.3 Å². The lowest BCUT2D eigenvalue weighted by Gasteiger charge is -2.45. The van der Waals surface area contributed by atoms with Crippen LogP contribution in [0.1, 0.15) is 30.4 Å². The molecule has 3 aromatic carbocycles. The van der Waals surface area contributed by atoms with Gasteiger partial charge in [0.15, 0.2) is 11.6 Å². The SMILES string of the molecule is O=C(Cc1ccc(F)c(F)c1)N1CCC2(CCc3ccc4ccccc4c3O2)CC1. The van der Waals surface area contributed by atoms with Crippen LogP contribution in [0.4, 0.5) is 8.78 Å². The molecule has 3 aromatic rings. The molecule has 1 fully saturated rings. The molecule has 0 aliphatic carbocycles. The molecule has 0 N–H and O–H groups in total. The van der Waals surface area contributed by atoms with Gasteiger partial charge in [0.25, 0.3) is 0 Å². The van der Waals surface area contributed by atoms with Gasteiger partial charge in [-0.15, -0.1) is 0 Å². The van der Waals surface area contributed by atoms with E-state index in [1.54, 1.807) is 0 Å². The second kappa shape index (κ2) is 7.38. The van der Waals surface area contributed by atoms with Crippen LogP contribution in [0.15, 0.2) is 54.6 Å². The lowest BCUT2D eigenvalue weighted by molar-refractivity contribution is -0.134. The zero-order valence-electron chi connectivity index (χ0n) is 16.7. The molecule has 2 aliphatic rings. The van der Waals surface area contributed by atoms with Crippen molar-refractivity contribution in [3.63, 3.8) is 0 Å². The van der Waals surface area contributed by atoms with Gasteiger partial charge in [0.05, 0.1) is 6.42 Å². The van der Waals surface area contributed by atoms with Crippen molar-refractivity contribution in [3.05, 3.63) is 77.4 Å². The van der Waals surface area contributed by atoms with E-state index in [1.807, 2.05) is 17.0 Å². The topological polar surface area (TPSA) is 29.5 Å². The summed E-state index contributed by atoms with van der Waals surface area (Å²) in [4.78, 5) is 14.5. The van der Waals surface area contributed by atoms with Gasteiger partial charge >= 0.3 is 0 Å². The summed E-state index contributed by atoms with van der Waals surface area (Å²) in [6, 6.07) is 16.2. The van der Waals surface area contributed by atoms with Gasteiger partial charge in [0.1, 0.15) is 11.4 Å². The molecular formula is C25H23F2NO2. The number of hydrogen-bond acceptors (Lipinski definition) is 2. The molecule has 30 heavy (non-hydrogen) atoms. The van der Waals surface area contributed by atoms with Gasteiger partial charge in [0, 0.05) is 31.3 Å². The Kier molecular flexibility index (Phi) is 4.69. The number of rotatable bonds is 2. The number of nitrogens with zero attached hydrogens (tertiary/aromatic N) is 1. The lowest BCUT2D eigenvalue weighted by Crippen LogP contribution is -2.51. The molecule has 5 heteroatoms. The highest BCUT2D eigenvalue weighted by atomic mass is 19.2. The minimum Gasteiger partial charge on any atom is -0.486 e. The fraction of sp³-hybridized carbons (Fsp3) is 0.320. The monoisotopic (exact) mass is 407 g/mol. The van der Waals surface area contributed by atoms with Gasteiger partial charge in [-0.2, -0.15) is 0 Å². The third kappa shape index (κ3) is 3.42. The number of fused-ring (bicyclic) bond motifs is 3. The normalized spacial score (nSPS) is 17.6. The summed E-state index contributed by atoms with van der Waals surface area (Å²) in [6.45, 7) is 1.23. The number of ether oxygens (including phenoxy) is 1. The molecule has 1 spiro atoms. The Bertz CT molecular complexity index is 1120. The number of piperidine rings is 1. The molecule has 1 amide bonds. The average molecular weight is 407 g/mol. The van der Waals surface area contributed by atoms with Gasteiger partial charge < -0.3 is 9.64 Å². The summed E-state index contributed by atoms with van der Waals surface area (Å²) < 4.78 is 33.2. The Morgan fingerprint density at radius 3 is 2.57 bits per heavy atom. The van der Waals surface area contributed by atoms with Gasteiger partial charge in [-0.05, 0) is 41.5 Å². The van der Waals surface area contributed by atoms with Crippen molar-refractivity contribution in [1.82, 2.24) is 4.90 Å². The number of hydrogen-bond donors (Lipinski definition) is 0. The van der Waals surface area contributed by atoms with E-state index in [0.717, 1.165) is 49.0 Å². The average Bonchev–Trinajstić information content (AvgIpc) is 2.77. The zero-order valence-corrected chi connectivity index (χ0v) is 16.7. The third-order valence-electron chi connectivity index (χ3n) is 6.50. The second-order valence-corrected chi connectivity index (χ2v) is 8.37.